The molecule has 128 valence electrons. The number of amides is 1. The summed E-state index contributed by atoms with van der Waals surface area (Å²) in [4.78, 5) is 22.0. The Kier molecular flexibility index (Phi) is 5.97. The number of carbonyl (C=O) groups excluding carboxylic acids is 1. The van der Waals surface area contributed by atoms with Crippen LogP contribution < -0.4 is 10.5 Å². The molecule has 2 N–H and O–H groups in total. The topological polar surface area (TPSA) is 81.3 Å². The molecule has 1 aromatic carbocycles. The first-order chi connectivity index (χ1) is 11.4. The highest BCUT2D eigenvalue weighted by molar-refractivity contribution is 7.99. The highest BCUT2D eigenvalue weighted by Gasteiger charge is 2.13. The highest BCUT2D eigenvalue weighted by Crippen LogP contribution is 2.19. The van der Waals surface area contributed by atoms with Gasteiger partial charge in [0, 0.05) is 25.4 Å². The number of aryl methyl sites for hydroxylation is 1. The molecule has 1 aromatic heterocycles. The Morgan fingerprint density at radius 3 is 2.75 bits per heavy atom. The van der Waals surface area contributed by atoms with Crippen molar-refractivity contribution in [1.82, 2.24) is 14.9 Å². The number of nitrogen functional groups attached to an aromatic ring is 1. The molecule has 0 saturated heterocycles. The fourth-order valence-electron chi connectivity index (χ4n) is 2.04. The minimum absolute atomic E-state index is 0.111. The third-order valence-electron chi connectivity index (χ3n) is 3.24. The molecule has 2 rings (SSSR count). The smallest absolute Gasteiger partial charge is 0.233 e. The molecular formula is C16H19FN4O2S. The van der Waals surface area contributed by atoms with Gasteiger partial charge in [0.05, 0.1) is 12.9 Å². The van der Waals surface area contributed by atoms with E-state index in [1.165, 1.54) is 29.8 Å². The van der Waals surface area contributed by atoms with Crippen molar-refractivity contribution in [3.05, 3.63) is 41.3 Å². The number of ether oxygens (including phenoxy) is 1. The second kappa shape index (κ2) is 7.96. The summed E-state index contributed by atoms with van der Waals surface area (Å²) in [6, 6.07) is 6.29. The van der Waals surface area contributed by atoms with Crippen LogP contribution in [0.15, 0.2) is 29.4 Å². The molecule has 0 spiro atoms. The number of hydrogen-bond acceptors (Lipinski definition) is 6. The van der Waals surface area contributed by atoms with Gasteiger partial charge in [0.1, 0.15) is 5.82 Å². The number of rotatable bonds is 6. The van der Waals surface area contributed by atoms with Crippen LogP contribution >= 0.6 is 11.8 Å². The van der Waals surface area contributed by atoms with Gasteiger partial charge in [-0.2, -0.15) is 0 Å². The number of aromatic nitrogens is 2. The Balaban J connectivity index is 1.93. The van der Waals surface area contributed by atoms with Crippen LogP contribution in [0.3, 0.4) is 0 Å². The first kappa shape index (κ1) is 18.0. The van der Waals surface area contributed by atoms with E-state index < -0.39 is 5.82 Å². The van der Waals surface area contributed by atoms with Gasteiger partial charge in [-0.1, -0.05) is 17.8 Å². The number of thioether (sulfide) groups is 1. The molecule has 0 saturated carbocycles. The minimum Gasteiger partial charge on any atom is -0.494 e. The fourth-order valence-corrected chi connectivity index (χ4v) is 2.89. The number of nitrogens with two attached hydrogens (primary N) is 1. The molecule has 6 nitrogen and oxygen atoms in total. The van der Waals surface area contributed by atoms with Crippen LogP contribution in [-0.2, 0) is 11.3 Å². The molecule has 1 heterocycles. The second-order valence-corrected chi connectivity index (χ2v) is 6.17. The summed E-state index contributed by atoms with van der Waals surface area (Å²) in [6.45, 7) is 2.12. The zero-order valence-electron chi connectivity index (χ0n) is 13.7. The predicted molar refractivity (Wildman–Crippen MR) is 91.3 cm³/mol. The van der Waals surface area contributed by atoms with E-state index in [4.69, 9.17) is 10.5 Å². The van der Waals surface area contributed by atoms with Crippen molar-refractivity contribution in [3.8, 4) is 5.75 Å². The van der Waals surface area contributed by atoms with Gasteiger partial charge >= 0.3 is 0 Å². The van der Waals surface area contributed by atoms with Gasteiger partial charge < -0.3 is 15.4 Å². The molecule has 0 radical (unpaired) electrons. The third-order valence-corrected chi connectivity index (χ3v) is 4.07. The number of anilines is 1. The maximum absolute atomic E-state index is 13.7. The van der Waals surface area contributed by atoms with Crippen molar-refractivity contribution in [3.63, 3.8) is 0 Å². The van der Waals surface area contributed by atoms with Gasteiger partial charge in [-0.05, 0) is 24.6 Å². The first-order valence-corrected chi connectivity index (χ1v) is 8.18. The number of benzene rings is 1. The first-order valence-electron chi connectivity index (χ1n) is 7.19. The summed E-state index contributed by atoms with van der Waals surface area (Å²) in [5.41, 5.74) is 7.09. The van der Waals surface area contributed by atoms with Crippen LogP contribution in [0.2, 0.25) is 0 Å². The SMILES string of the molecule is COc1ccc(CN(C)C(=O)CSc2nc(C)cc(N)n2)cc1F. The van der Waals surface area contributed by atoms with E-state index in [1.54, 1.807) is 25.2 Å². The van der Waals surface area contributed by atoms with E-state index in [9.17, 15) is 9.18 Å². The van der Waals surface area contributed by atoms with Crippen LogP contribution in [0.5, 0.6) is 5.75 Å². The Bertz CT molecular complexity index is 722. The van der Waals surface area contributed by atoms with Crippen molar-refractivity contribution >= 4 is 23.5 Å². The average Bonchev–Trinajstić information content (AvgIpc) is 2.52. The van der Waals surface area contributed by atoms with Crippen LogP contribution in [0.25, 0.3) is 0 Å². The van der Waals surface area contributed by atoms with Crippen molar-refractivity contribution in [2.45, 2.75) is 18.6 Å². The lowest BCUT2D eigenvalue weighted by atomic mass is 10.2. The largest absolute Gasteiger partial charge is 0.494 e. The molecule has 0 aliphatic heterocycles. The van der Waals surface area contributed by atoms with E-state index >= 15 is 0 Å². The van der Waals surface area contributed by atoms with E-state index in [2.05, 4.69) is 9.97 Å². The van der Waals surface area contributed by atoms with Gasteiger partial charge in [0.25, 0.3) is 0 Å². The van der Waals surface area contributed by atoms with Gasteiger partial charge in [-0.3, -0.25) is 4.79 Å². The van der Waals surface area contributed by atoms with Crippen LogP contribution in [0, 0.1) is 12.7 Å². The number of nitrogens with zero attached hydrogens (tertiary/aromatic N) is 3. The zero-order chi connectivity index (χ0) is 17.7. The van der Waals surface area contributed by atoms with Crippen molar-refractivity contribution in [2.24, 2.45) is 0 Å². The van der Waals surface area contributed by atoms with E-state index in [0.717, 1.165) is 5.69 Å². The quantitative estimate of drug-likeness (QED) is 0.636. The molecule has 0 aliphatic rings. The van der Waals surface area contributed by atoms with E-state index in [-0.39, 0.29) is 17.4 Å². The molecular weight excluding hydrogens is 331 g/mol. The number of methoxy groups -OCH3 is 1. The number of carbonyl (C=O) groups is 1. The summed E-state index contributed by atoms with van der Waals surface area (Å²) >= 11 is 1.22. The summed E-state index contributed by atoms with van der Waals surface area (Å²) in [6.07, 6.45) is 0. The normalized spacial score (nSPS) is 10.5. The van der Waals surface area contributed by atoms with Gasteiger partial charge in [-0.25, -0.2) is 14.4 Å². The molecule has 24 heavy (non-hydrogen) atoms. The Morgan fingerprint density at radius 1 is 1.38 bits per heavy atom. The predicted octanol–water partition coefficient (Wildman–Crippen LogP) is 2.27. The summed E-state index contributed by atoms with van der Waals surface area (Å²) in [5.74, 6) is 0.170. The lowest BCUT2D eigenvalue weighted by molar-refractivity contribution is -0.127. The number of halogens is 1. The number of hydrogen-bond donors (Lipinski definition) is 1. The standard InChI is InChI=1S/C16H19FN4O2S/c1-10-6-14(18)20-16(19-10)24-9-15(22)21(2)8-11-4-5-13(23-3)12(17)7-11/h4-7H,8-9H2,1-3H3,(H2,18,19,20). The monoisotopic (exact) mass is 350 g/mol. The molecule has 1 amide bonds. The average molecular weight is 350 g/mol. The Labute approximate surface area is 144 Å². The van der Waals surface area contributed by atoms with Gasteiger partial charge in [0.15, 0.2) is 16.7 Å². The Hall–Kier alpha value is -2.35. The second-order valence-electron chi connectivity index (χ2n) is 5.22. The van der Waals surface area contributed by atoms with Crippen molar-refractivity contribution < 1.29 is 13.9 Å². The van der Waals surface area contributed by atoms with Crippen molar-refractivity contribution in [2.75, 3.05) is 25.6 Å². The third kappa shape index (κ3) is 4.82. The molecule has 0 fully saturated rings. The van der Waals surface area contributed by atoms with Gasteiger partial charge in [-0.15, -0.1) is 0 Å². The fraction of sp³-hybridized carbons (Fsp3) is 0.312. The molecule has 0 unspecified atom stereocenters. The Morgan fingerprint density at radius 2 is 2.12 bits per heavy atom. The van der Waals surface area contributed by atoms with Gasteiger partial charge in [0.2, 0.25) is 5.91 Å². The molecule has 2 aromatic rings. The molecule has 0 atom stereocenters. The molecule has 0 aliphatic carbocycles. The lowest BCUT2D eigenvalue weighted by Crippen LogP contribution is -2.27. The summed E-state index contributed by atoms with van der Waals surface area (Å²) < 4.78 is 18.6. The van der Waals surface area contributed by atoms with Crippen molar-refractivity contribution in [1.29, 1.82) is 0 Å². The zero-order valence-corrected chi connectivity index (χ0v) is 14.6. The minimum atomic E-state index is -0.450. The van der Waals surface area contributed by atoms with Crippen LogP contribution in [0.4, 0.5) is 10.2 Å². The lowest BCUT2D eigenvalue weighted by Gasteiger charge is -2.17. The maximum atomic E-state index is 13.7. The van der Waals surface area contributed by atoms with Crippen LogP contribution in [-0.4, -0.2) is 40.7 Å². The van der Waals surface area contributed by atoms with E-state index in [1.807, 2.05) is 6.92 Å². The van der Waals surface area contributed by atoms with Crippen LogP contribution in [0.1, 0.15) is 11.3 Å². The maximum Gasteiger partial charge on any atom is 0.233 e. The molecule has 8 heteroatoms. The molecule has 0 bridgehead atoms. The van der Waals surface area contributed by atoms with E-state index in [0.29, 0.717) is 23.1 Å². The summed E-state index contributed by atoms with van der Waals surface area (Å²) in [7, 11) is 3.07. The highest BCUT2D eigenvalue weighted by atomic mass is 32.2. The summed E-state index contributed by atoms with van der Waals surface area (Å²) in [5, 5.41) is 0.463.